The molecule has 2 nitrogen and oxygen atoms in total. The summed E-state index contributed by atoms with van der Waals surface area (Å²) in [7, 11) is 0. The first-order valence-electron chi connectivity index (χ1n) is 5.61. The fourth-order valence-corrected chi connectivity index (χ4v) is 1.62. The highest BCUT2D eigenvalue weighted by Crippen LogP contribution is 2.35. The van der Waals surface area contributed by atoms with Crippen molar-refractivity contribution in [1.82, 2.24) is 0 Å². The van der Waals surface area contributed by atoms with Crippen LogP contribution in [0, 0.1) is 0 Å². The molecule has 0 aliphatic carbocycles. The zero-order chi connectivity index (χ0) is 13.1. The van der Waals surface area contributed by atoms with Gasteiger partial charge in [-0.3, -0.25) is 0 Å². The number of benzene rings is 1. The molecule has 0 fully saturated rings. The van der Waals surface area contributed by atoms with Gasteiger partial charge in [0.15, 0.2) is 0 Å². The van der Waals surface area contributed by atoms with Crippen LogP contribution in [0.5, 0.6) is 0 Å². The van der Waals surface area contributed by atoms with Crippen LogP contribution in [-0.4, -0.2) is 6.04 Å². The van der Waals surface area contributed by atoms with Crippen molar-refractivity contribution in [3.8, 4) is 0 Å². The zero-order valence-electron chi connectivity index (χ0n) is 9.93. The monoisotopic (exact) mass is 246 g/mol. The highest BCUT2D eigenvalue weighted by Gasteiger charge is 2.33. The van der Waals surface area contributed by atoms with Crippen LogP contribution < -0.4 is 11.1 Å². The Morgan fingerprint density at radius 2 is 1.82 bits per heavy atom. The highest BCUT2D eigenvalue weighted by atomic mass is 19.4. The van der Waals surface area contributed by atoms with Gasteiger partial charge in [-0.2, -0.15) is 13.2 Å². The van der Waals surface area contributed by atoms with Gasteiger partial charge in [0.05, 0.1) is 5.56 Å². The third-order valence-corrected chi connectivity index (χ3v) is 2.72. The van der Waals surface area contributed by atoms with E-state index < -0.39 is 11.7 Å². The maximum Gasteiger partial charge on any atom is 0.418 e. The van der Waals surface area contributed by atoms with Gasteiger partial charge in [0, 0.05) is 17.4 Å². The van der Waals surface area contributed by atoms with Crippen molar-refractivity contribution in [3.63, 3.8) is 0 Å². The molecule has 3 N–H and O–H groups in total. The lowest BCUT2D eigenvalue weighted by molar-refractivity contribution is -0.136. The molecule has 5 heteroatoms. The van der Waals surface area contributed by atoms with Crippen molar-refractivity contribution in [2.45, 2.75) is 38.9 Å². The number of hydrogen-bond acceptors (Lipinski definition) is 2. The Bertz CT molecular complexity index is 371. The predicted octanol–water partition coefficient (Wildman–Crippen LogP) is 3.89. The minimum absolute atomic E-state index is 0.180. The average molecular weight is 246 g/mol. The SMILES string of the molecule is CCC(CC)Nc1ccc(N)c(C(F)(F)F)c1. The van der Waals surface area contributed by atoms with Crippen molar-refractivity contribution in [1.29, 1.82) is 0 Å². The molecule has 0 aliphatic rings. The number of nitrogen functional groups attached to an aromatic ring is 1. The van der Waals surface area contributed by atoms with E-state index in [9.17, 15) is 13.2 Å². The maximum absolute atomic E-state index is 12.6. The molecule has 0 heterocycles. The summed E-state index contributed by atoms with van der Waals surface area (Å²) in [5, 5.41) is 3.06. The smallest absolute Gasteiger partial charge is 0.398 e. The van der Waals surface area contributed by atoms with E-state index >= 15 is 0 Å². The molecule has 1 aromatic rings. The van der Waals surface area contributed by atoms with Gasteiger partial charge in [-0.25, -0.2) is 0 Å². The van der Waals surface area contributed by atoms with Gasteiger partial charge in [-0.1, -0.05) is 13.8 Å². The Morgan fingerprint density at radius 1 is 1.24 bits per heavy atom. The molecule has 0 aromatic heterocycles. The number of nitrogens with two attached hydrogens (primary N) is 1. The number of nitrogens with one attached hydrogen (secondary N) is 1. The first-order valence-corrected chi connectivity index (χ1v) is 5.61. The minimum atomic E-state index is -4.41. The lowest BCUT2D eigenvalue weighted by Crippen LogP contribution is -2.18. The fourth-order valence-electron chi connectivity index (χ4n) is 1.62. The second-order valence-electron chi connectivity index (χ2n) is 3.96. The molecular formula is C12H17F3N2. The van der Waals surface area contributed by atoms with Crippen LogP contribution in [-0.2, 0) is 6.18 Å². The average Bonchev–Trinajstić information content (AvgIpc) is 2.26. The maximum atomic E-state index is 12.6. The summed E-state index contributed by atoms with van der Waals surface area (Å²) in [4.78, 5) is 0. The molecule has 0 saturated carbocycles. The molecular weight excluding hydrogens is 229 g/mol. The first-order chi connectivity index (χ1) is 7.88. The molecule has 0 unspecified atom stereocenters. The summed E-state index contributed by atoms with van der Waals surface area (Å²) >= 11 is 0. The number of alkyl halides is 3. The van der Waals surface area contributed by atoms with Gasteiger partial charge in [0.25, 0.3) is 0 Å². The van der Waals surface area contributed by atoms with E-state index in [2.05, 4.69) is 5.32 Å². The molecule has 0 aliphatic heterocycles. The molecule has 0 atom stereocenters. The topological polar surface area (TPSA) is 38.0 Å². The summed E-state index contributed by atoms with van der Waals surface area (Å²) in [5.41, 5.74) is 4.76. The lowest BCUT2D eigenvalue weighted by Gasteiger charge is -2.18. The van der Waals surface area contributed by atoms with Crippen LogP contribution >= 0.6 is 0 Å². The van der Waals surface area contributed by atoms with E-state index in [1.807, 2.05) is 13.8 Å². The van der Waals surface area contributed by atoms with Crippen LogP contribution in [0.3, 0.4) is 0 Å². The molecule has 0 saturated heterocycles. The summed E-state index contributed by atoms with van der Waals surface area (Å²) in [6.07, 6.45) is -2.68. The molecule has 0 amide bonds. The van der Waals surface area contributed by atoms with Gasteiger partial charge in [0.1, 0.15) is 0 Å². The third-order valence-electron chi connectivity index (χ3n) is 2.72. The lowest BCUT2D eigenvalue weighted by atomic mass is 10.1. The molecule has 17 heavy (non-hydrogen) atoms. The Morgan fingerprint density at radius 3 is 2.29 bits per heavy atom. The van der Waals surface area contributed by atoms with Crippen LogP contribution in [0.2, 0.25) is 0 Å². The highest BCUT2D eigenvalue weighted by molar-refractivity contribution is 5.58. The van der Waals surface area contributed by atoms with Crippen LogP contribution in [0.4, 0.5) is 24.5 Å². The predicted molar refractivity (Wildman–Crippen MR) is 63.8 cm³/mol. The van der Waals surface area contributed by atoms with E-state index in [4.69, 9.17) is 5.73 Å². The van der Waals surface area contributed by atoms with E-state index in [-0.39, 0.29) is 11.7 Å². The summed E-state index contributed by atoms with van der Waals surface area (Å²) in [6.45, 7) is 3.98. The van der Waals surface area contributed by atoms with Gasteiger partial charge >= 0.3 is 6.18 Å². The molecule has 1 rings (SSSR count). The first kappa shape index (κ1) is 13.7. The van der Waals surface area contributed by atoms with Crippen molar-refractivity contribution < 1.29 is 13.2 Å². The fraction of sp³-hybridized carbons (Fsp3) is 0.500. The molecule has 1 aromatic carbocycles. The Hall–Kier alpha value is -1.39. The van der Waals surface area contributed by atoms with E-state index in [0.717, 1.165) is 18.9 Å². The Balaban J connectivity index is 2.97. The number of rotatable bonds is 4. The Labute approximate surface area is 99.0 Å². The van der Waals surface area contributed by atoms with Crippen LogP contribution in [0.25, 0.3) is 0 Å². The van der Waals surface area contributed by atoms with Gasteiger partial charge in [-0.15, -0.1) is 0 Å². The van der Waals surface area contributed by atoms with Gasteiger partial charge < -0.3 is 11.1 Å². The quantitative estimate of drug-likeness (QED) is 0.791. The van der Waals surface area contributed by atoms with Crippen molar-refractivity contribution in [2.24, 2.45) is 0 Å². The summed E-state index contributed by atoms with van der Waals surface area (Å²) in [5.74, 6) is 0. The van der Waals surface area contributed by atoms with Crippen molar-refractivity contribution in [2.75, 3.05) is 11.1 Å². The van der Waals surface area contributed by atoms with Crippen molar-refractivity contribution in [3.05, 3.63) is 23.8 Å². The summed E-state index contributed by atoms with van der Waals surface area (Å²) < 4.78 is 37.9. The van der Waals surface area contributed by atoms with E-state index in [1.165, 1.54) is 6.07 Å². The standard InChI is InChI=1S/C12H17F3N2/c1-3-8(4-2)17-9-5-6-11(16)10(7-9)12(13,14)15/h5-8,17H,3-4,16H2,1-2H3. The van der Waals surface area contributed by atoms with Crippen LogP contribution in [0.1, 0.15) is 32.3 Å². The largest absolute Gasteiger partial charge is 0.418 e. The molecule has 96 valence electrons. The van der Waals surface area contributed by atoms with Gasteiger partial charge in [-0.05, 0) is 31.0 Å². The van der Waals surface area contributed by atoms with Crippen molar-refractivity contribution >= 4 is 11.4 Å². The third kappa shape index (κ3) is 3.54. The minimum Gasteiger partial charge on any atom is -0.398 e. The van der Waals surface area contributed by atoms with E-state index in [0.29, 0.717) is 5.69 Å². The molecule has 0 spiro atoms. The van der Waals surface area contributed by atoms with Gasteiger partial charge in [0.2, 0.25) is 0 Å². The number of hydrogen-bond donors (Lipinski definition) is 2. The second kappa shape index (κ2) is 5.29. The summed E-state index contributed by atoms with van der Waals surface area (Å²) in [6, 6.07) is 4.10. The number of halogens is 3. The molecule has 0 radical (unpaired) electrons. The molecule has 0 bridgehead atoms. The second-order valence-corrected chi connectivity index (χ2v) is 3.96. The van der Waals surface area contributed by atoms with E-state index in [1.54, 1.807) is 6.07 Å². The van der Waals surface area contributed by atoms with Crippen LogP contribution in [0.15, 0.2) is 18.2 Å². The zero-order valence-corrected chi connectivity index (χ0v) is 9.93. The Kier molecular flexibility index (Phi) is 4.26. The normalized spacial score (nSPS) is 11.9. The number of anilines is 2.